The SMILES string of the molecule is CCCNC(=O)[C@@H](CC)N(CCc1ccccc1)C(=O)CN(c1cc(C)cc(C)c1)S(C)(=O)=O. The molecule has 1 atom stereocenters. The molecule has 0 aliphatic carbocycles. The Bertz CT molecular complexity index is 1050. The molecule has 0 saturated heterocycles. The van der Waals surface area contributed by atoms with Gasteiger partial charge in [0.15, 0.2) is 0 Å². The van der Waals surface area contributed by atoms with Crippen LogP contribution in [0.2, 0.25) is 0 Å². The third kappa shape index (κ3) is 7.87. The first-order valence-corrected chi connectivity index (χ1v) is 13.6. The van der Waals surface area contributed by atoms with Gasteiger partial charge >= 0.3 is 0 Å². The number of nitrogens with one attached hydrogen (secondary N) is 1. The number of nitrogens with zero attached hydrogens (tertiary/aromatic N) is 2. The first kappa shape index (κ1) is 27.4. The minimum atomic E-state index is -3.73. The van der Waals surface area contributed by atoms with E-state index >= 15 is 0 Å². The van der Waals surface area contributed by atoms with Crippen LogP contribution < -0.4 is 9.62 Å². The average molecular weight is 488 g/mol. The maximum atomic E-state index is 13.6. The molecule has 0 radical (unpaired) electrons. The van der Waals surface area contributed by atoms with E-state index in [1.165, 1.54) is 4.90 Å². The van der Waals surface area contributed by atoms with Crippen LogP contribution in [-0.4, -0.2) is 57.1 Å². The summed E-state index contributed by atoms with van der Waals surface area (Å²) in [6.07, 6.45) is 2.87. The minimum absolute atomic E-state index is 0.219. The number of rotatable bonds is 12. The van der Waals surface area contributed by atoms with Crippen LogP contribution in [-0.2, 0) is 26.0 Å². The minimum Gasteiger partial charge on any atom is -0.354 e. The van der Waals surface area contributed by atoms with Crippen molar-refractivity contribution in [2.45, 2.75) is 53.0 Å². The van der Waals surface area contributed by atoms with Crippen molar-refractivity contribution in [3.63, 3.8) is 0 Å². The number of benzene rings is 2. The largest absolute Gasteiger partial charge is 0.354 e. The molecule has 8 heteroatoms. The molecule has 0 bridgehead atoms. The molecule has 2 aromatic rings. The molecule has 7 nitrogen and oxygen atoms in total. The topological polar surface area (TPSA) is 86.8 Å². The number of carbonyl (C=O) groups is 2. The molecule has 0 aliphatic rings. The van der Waals surface area contributed by atoms with Crippen LogP contribution in [0.1, 0.15) is 43.4 Å². The van der Waals surface area contributed by atoms with Crippen molar-refractivity contribution in [2.24, 2.45) is 0 Å². The van der Waals surface area contributed by atoms with E-state index in [-0.39, 0.29) is 12.5 Å². The van der Waals surface area contributed by atoms with Gasteiger partial charge in [-0.1, -0.05) is 50.2 Å². The van der Waals surface area contributed by atoms with E-state index in [1.54, 1.807) is 12.1 Å². The monoisotopic (exact) mass is 487 g/mol. The lowest BCUT2D eigenvalue weighted by Gasteiger charge is -2.33. The van der Waals surface area contributed by atoms with Gasteiger partial charge in [-0.25, -0.2) is 8.42 Å². The van der Waals surface area contributed by atoms with Gasteiger partial charge in [0.05, 0.1) is 11.9 Å². The lowest BCUT2D eigenvalue weighted by atomic mass is 10.1. The van der Waals surface area contributed by atoms with E-state index in [1.807, 2.05) is 64.1 Å². The standard InChI is InChI=1S/C26H37N3O4S/c1-6-14-27-26(31)24(7-2)28(15-13-22-11-9-8-10-12-22)25(30)19-29(34(5,32)33)23-17-20(3)16-21(4)18-23/h8-12,16-18,24H,6-7,13-15,19H2,1-5H3,(H,27,31)/t24-/m1/s1. The molecule has 0 fully saturated rings. The molecule has 0 aromatic heterocycles. The zero-order valence-corrected chi connectivity index (χ0v) is 21.7. The van der Waals surface area contributed by atoms with Crippen LogP contribution in [0, 0.1) is 13.8 Å². The number of aryl methyl sites for hydroxylation is 2. The summed E-state index contributed by atoms with van der Waals surface area (Å²) in [5, 5.41) is 2.88. The van der Waals surface area contributed by atoms with Gasteiger partial charge in [0.1, 0.15) is 12.6 Å². The van der Waals surface area contributed by atoms with Gasteiger partial charge in [-0.15, -0.1) is 0 Å². The van der Waals surface area contributed by atoms with Gasteiger partial charge < -0.3 is 10.2 Å². The van der Waals surface area contributed by atoms with E-state index in [0.29, 0.717) is 31.6 Å². The Hall–Kier alpha value is -2.87. The second-order valence-electron chi connectivity index (χ2n) is 8.65. The molecule has 34 heavy (non-hydrogen) atoms. The van der Waals surface area contributed by atoms with Crippen LogP contribution in [0.15, 0.2) is 48.5 Å². The molecule has 0 saturated carbocycles. The first-order chi connectivity index (χ1) is 16.1. The van der Waals surface area contributed by atoms with Crippen molar-refractivity contribution < 1.29 is 18.0 Å². The predicted molar refractivity (Wildman–Crippen MR) is 137 cm³/mol. The van der Waals surface area contributed by atoms with Gasteiger partial charge in [0.2, 0.25) is 21.8 Å². The fourth-order valence-electron chi connectivity index (χ4n) is 3.97. The van der Waals surface area contributed by atoms with Crippen molar-refractivity contribution in [2.75, 3.05) is 30.2 Å². The van der Waals surface area contributed by atoms with Crippen LogP contribution in [0.5, 0.6) is 0 Å². The smallest absolute Gasteiger partial charge is 0.244 e. The van der Waals surface area contributed by atoms with Crippen molar-refractivity contribution in [1.82, 2.24) is 10.2 Å². The lowest BCUT2D eigenvalue weighted by Crippen LogP contribution is -2.53. The number of amides is 2. The fraction of sp³-hybridized carbons (Fsp3) is 0.462. The average Bonchev–Trinajstić information content (AvgIpc) is 2.77. The van der Waals surface area contributed by atoms with Crippen molar-refractivity contribution >= 4 is 27.5 Å². The molecule has 2 rings (SSSR count). The molecule has 0 unspecified atom stereocenters. The van der Waals surface area contributed by atoms with Gasteiger partial charge in [-0.05, 0) is 61.9 Å². The normalized spacial score (nSPS) is 12.1. The molecular weight excluding hydrogens is 450 g/mol. The fourth-order valence-corrected chi connectivity index (χ4v) is 4.80. The summed E-state index contributed by atoms with van der Waals surface area (Å²) in [6, 6.07) is 14.5. The van der Waals surface area contributed by atoms with Gasteiger partial charge in [-0.3, -0.25) is 13.9 Å². The molecule has 0 heterocycles. The highest BCUT2D eigenvalue weighted by Gasteiger charge is 2.31. The third-order valence-corrected chi connectivity index (χ3v) is 6.73. The zero-order chi connectivity index (χ0) is 25.3. The summed E-state index contributed by atoms with van der Waals surface area (Å²) < 4.78 is 26.5. The number of carbonyl (C=O) groups excluding carboxylic acids is 2. The quantitative estimate of drug-likeness (QED) is 0.497. The maximum Gasteiger partial charge on any atom is 0.244 e. The van der Waals surface area contributed by atoms with Gasteiger partial charge in [-0.2, -0.15) is 0 Å². The Morgan fingerprint density at radius 1 is 1.00 bits per heavy atom. The van der Waals surface area contributed by atoms with E-state index < -0.39 is 22.0 Å². The van der Waals surface area contributed by atoms with Crippen LogP contribution in [0.3, 0.4) is 0 Å². The highest BCUT2D eigenvalue weighted by atomic mass is 32.2. The Labute approximate surface area is 204 Å². The number of hydrogen-bond acceptors (Lipinski definition) is 4. The lowest BCUT2D eigenvalue weighted by molar-refractivity contribution is -0.139. The molecular formula is C26H37N3O4S. The zero-order valence-electron chi connectivity index (χ0n) is 20.9. The number of sulfonamides is 1. The Morgan fingerprint density at radius 3 is 2.15 bits per heavy atom. The summed E-state index contributed by atoms with van der Waals surface area (Å²) in [7, 11) is -3.73. The van der Waals surface area contributed by atoms with E-state index in [0.717, 1.165) is 33.7 Å². The molecule has 0 spiro atoms. The highest BCUT2D eigenvalue weighted by molar-refractivity contribution is 7.92. The van der Waals surface area contributed by atoms with E-state index in [9.17, 15) is 18.0 Å². The maximum absolute atomic E-state index is 13.6. The molecule has 1 N–H and O–H groups in total. The van der Waals surface area contributed by atoms with Crippen molar-refractivity contribution in [3.05, 3.63) is 65.2 Å². The predicted octanol–water partition coefficient (Wildman–Crippen LogP) is 3.45. The van der Waals surface area contributed by atoms with Crippen LogP contribution >= 0.6 is 0 Å². The van der Waals surface area contributed by atoms with Crippen molar-refractivity contribution in [1.29, 1.82) is 0 Å². The number of anilines is 1. The molecule has 2 aromatic carbocycles. The first-order valence-electron chi connectivity index (χ1n) is 11.7. The summed E-state index contributed by atoms with van der Waals surface area (Å²) in [5.74, 6) is -0.623. The summed E-state index contributed by atoms with van der Waals surface area (Å²) in [4.78, 5) is 28.0. The summed E-state index contributed by atoms with van der Waals surface area (Å²) >= 11 is 0. The van der Waals surface area contributed by atoms with Crippen LogP contribution in [0.4, 0.5) is 5.69 Å². The second-order valence-corrected chi connectivity index (χ2v) is 10.6. The molecule has 2 amide bonds. The Kier molecular flexibility index (Phi) is 10.1. The highest BCUT2D eigenvalue weighted by Crippen LogP contribution is 2.22. The summed E-state index contributed by atoms with van der Waals surface area (Å²) in [6.45, 7) is 8.06. The van der Waals surface area contributed by atoms with Crippen LogP contribution in [0.25, 0.3) is 0 Å². The molecule has 0 aliphatic heterocycles. The number of hydrogen-bond donors (Lipinski definition) is 1. The van der Waals surface area contributed by atoms with Crippen molar-refractivity contribution in [3.8, 4) is 0 Å². The van der Waals surface area contributed by atoms with E-state index in [2.05, 4.69) is 5.32 Å². The Balaban J connectivity index is 2.37. The van der Waals surface area contributed by atoms with Gasteiger partial charge in [0.25, 0.3) is 0 Å². The Morgan fingerprint density at radius 2 is 1.62 bits per heavy atom. The van der Waals surface area contributed by atoms with Gasteiger partial charge in [0, 0.05) is 13.1 Å². The molecule has 186 valence electrons. The summed E-state index contributed by atoms with van der Waals surface area (Å²) in [5.41, 5.74) is 3.29. The third-order valence-electron chi connectivity index (χ3n) is 5.59. The second kappa shape index (κ2) is 12.6. The van der Waals surface area contributed by atoms with E-state index in [4.69, 9.17) is 0 Å².